The van der Waals surface area contributed by atoms with Gasteiger partial charge < -0.3 is 19.3 Å². The summed E-state index contributed by atoms with van der Waals surface area (Å²) in [6.07, 6.45) is 5.65. The van der Waals surface area contributed by atoms with Crippen molar-refractivity contribution < 1.29 is 24.4 Å². The number of amides is 1. The second-order valence-corrected chi connectivity index (χ2v) is 9.80. The van der Waals surface area contributed by atoms with Gasteiger partial charge in [0.25, 0.3) is 17.4 Å². The highest BCUT2D eigenvalue weighted by Crippen LogP contribution is 2.40. The fourth-order valence-corrected chi connectivity index (χ4v) is 4.91. The van der Waals surface area contributed by atoms with E-state index in [2.05, 4.69) is 4.98 Å². The average molecular weight is 553 g/mol. The number of nitro groups is 1. The Kier molecular flexibility index (Phi) is 7.91. The molecule has 1 N–H and O–H groups in total. The number of aryl methyl sites for hydroxylation is 2. The first-order valence-corrected chi connectivity index (χ1v) is 13.1. The molecule has 0 spiro atoms. The van der Waals surface area contributed by atoms with Crippen molar-refractivity contribution in [3.05, 3.63) is 129 Å². The van der Waals surface area contributed by atoms with Gasteiger partial charge in [0.2, 0.25) is 0 Å². The maximum Gasteiger partial charge on any atom is 0.295 e. The largest absolute Gasteiger partial charge is 0.507 e. The number of Topliss-reactive ketones (excluding diaryl/α,β-unsaturated/α-hetero) is 1. The molecule has 10 heteroatoms. The van der Waals surface area contributed by atoms with Crippen LogP contribution in [0, 0.1) is 17.0 Å². The van der Waals surface area contributed by atoms with Crippen molar-refractivity contribution in [2.24, 2.45) is 0 Å². The molecule has 41 heavy (non-hydrogen) atoms. The van der Waals surface area contributed by atoms with Gasteiger partial charge in [0.05, 0.1) is 22.9 Å². The van der Waals surface area contributed by atoms with E-state index in [1.54, 1.807) is 43.0 Å². The van der Waals surface area contributed by atoms with Crippen LogP contribution >= 0.6 is 0 Å². The Morgan fingerprint density at radius 1 is 1.05 bits per heavy atom. The number of ketones is 1. The topological polar surface area (TPSA) is 128 Å². The summed E-state index contributed by atoms with van der Waals surface area (Å²) in [6, 6.07) is 19.4. The number of imidazole rings is 1. The molecule has 0 bridgehead atoms. The molecular formula is C31H28N4O6. The van der Waals surface area contributed by atoms with E-state index in [4.69, 9.17) is 4.74 Å². The Labute approximate surface area is 236 Å². The third-order valence-corrected chi connectivity index (χ3v) is 6.95. The Bertz CT molecular complexity index is 1590. The summed E-state index contributed by atoms with van der Waals surface area (Å²) >= 11 is 0. The summed E-state index contributed by atoms with van der Waals surface area (Å²) in [6.45, 7) is 3.18. The number of rotatable bonds is 10. The van der Waals surface area contributed by atoms with Gasteiger partial charge in [-0.2, -0.15) is 0 Å². The number of hydrogen-bond acceptors (Lipinski definition) is 7. The van der Waals surface area contributed by atoms with E-state index < -0.39 is 22.7 Å². The minimum absolute atomic E-state index is 0.0695. The highest BCUT2D eigenvalue weighted by molar-refractivity contribution is 6.46. The molecule has 1 aromatic heterocycles. The van der Waals surface area contributed by atoms with Crippen LogP contribution in [0.1, 0.15) is 34.7 Å². The van der Waals surface area contributed by atoms with Crippen LogP contribution < -0.4 is 4.74 Å². The number of aliphatic hydroxyl groups excluding tert-OH is 1. The van der Waals surface area contributed by atoms with Gasteiger partial charge in [-0.05, 0) is 60.9 Å². The van der Waals surface area contributed by atoms with Crippen molar-refractivity contribution >= 4 is 23.1 Å². The second-order valence-electron chi connectivity index (χ2n) is 9.80. The third kappa shape index (κ3) is 6.01. The number of likely N-dealkylation sites (tertiary alicyclic amines) is 1. The average Bonchev–Trinajstić information content (AvgIpc) is 3.58. The van der Waals surface area contributed by atoms with Gasteiger partial charge in [0.15, 0.2) is 0 Å². The Balaban J connectivity index is 1.43. The van der Waals surface area contributed by atoms with Crippen LogP contribution in [0.4, 0.5) is 5.69 Å². The molecule has 0 saturated carbocycles. The quantitative estimate of drug-likeness (QED) is 0.0943. The molecule has 1 fully saturated rings. The number of carbonyl (C=O) groups excluding carboxylic acids is 2. The van der Waals surface area contributed by atoms with Crippen molar-refractivity contribution in [1.82, 2.24) is 14.5 Å². The Morgan fingerprint density at radius 2 is 1.80 bits per heavy atom. The zero-order valence-electron chi connectivity index (χ0n) is 22.3. The Hall–Kier alpha value is -5.25. The lowest BCUT2D eigenvalue weighted by Crippen LogP contribution is -2.31. The lowest BCUT2D eigenvalue weighted by molar-refractivity contribution is -0.384. The highest BCUT2D eigenvalue weighted by Gasteiger charge is 2.45. The second kappa shape index (κ2) is 11.9. The SMILES string of the molecule is Cc1cccc(COc2ccc(/C(O)=C3\C(=O)C(=O)N(CCCn4ccnc4)[C@H]3c3ccc([N+](=O)[O-])cc3)cc2)c1. The number of hydrogen-bond donors (Lipinski definition) is 1. The number of carbonyl (C=O) groups is 2. The van der Waals surface area contributed by atoms with E-state index in [0.717, 1.165) is 11.1 Å². The Morgan fingerprint density at radius 3 is 2.46 bits per heavy atom. The van der Waals surface area contributed by atoms with Gasteiger partial charge in [-0.15, -0.1) is 0 Å². The van der Waals surface area contributed by atoms with E-state index in [1.165, 1.54) is 29.2 Å². The molecule has 1 amide bonds. The summed E-state index contributed by atoms with van der Waals surface area (Å²) < 4.78 is 7.73. The molecule has 10 nitrogen and oxygen atoms in total. The van der Waals surface area contributed by atoms with Crippen LogP contribution in [0.15, 0.2) is 97.1 Å². The van der Waals surface area contributed by atoms with Crippen molar-refractivity contribution in [3.63, 3.8) is 0 Å². The number of aliphatic hydroxyl groups is 1. The predicted octanol–water partition coefficient (Wildman–Crippen LogP) is 5.19. The first-order valence-electron chi connectivity index (χ1n) is 13.1. The van der Waals surface area contributed by atoms with Gasteiger partial charge in [-0.3, -0.25) is 19.7 Å². The van der Waals surface area contributed by atoms with E-state index in [1.807, 2.05) is 35.8 Å². The van der Waals surface area contributed by atoms with Crippen LogP contribution in [0.3, 0.4) is 0 Å². The van der Waals surface area contributed by atoms with Crippen molar-refractivity contribution in [1.29, 1.82) is 0 Å². The third-order valence-electron chi connectivity index (χ3n) is 6.95. The number of ether oxygens (including phenoxy) is 1. The summed E-state index contributed by atoms with van der Waals surface area (Å²) in [4.78, 5) is 42.6. The molecule has 1 aliphatic heterocycles. The van der Waals surface area contributed by atoms with E-state index in [-0.39, 0.29) is 23.6 Å². The molecule has 1 aliphatic rings. The minimum Gasteiger partial charge on any atom is -0.507 e. The summed E-state index contributed by atoms with van der Waals surface area (Å²) in [7, 11) is 0. The molecule has 0 radical (unpaired) electrons. The maximum absolute atomic E-state index is 13.3. The maximum atomic E-state index is 13.3. The van der Waals surface area contributed by atoms with Gasteiger partial charge in [0, 0.05) is 43.2 Å². The first-order chi connectivity index (χ1) is 19.8. The summed E-state index contributed by atoms with van der Waals surface area (Å²) in [5, 5.41) is 22.5. The van der Waals surface area contributed by atoms with E-state index >= 15 is 0 Å². The van der Waals surface area contributed by atoms with Crippen LogP contribution in [-0.4, -0.2) is 42.7 Å². The highest BCUT2D eigenvalue weighted by atomic mass is 16.6. The van der Waals surface area contributed by atoms with Crippen LogP contribution in [0.2, 0.25) is 0 Å². The molecule has 0 unspecified atom stereocenters. The number of non-ortho nitro benzene ring substituents is 1. The van der Waals surface area contributed by atoms with Crippen molar-refractivity contribution in [2.75, 3.05) is 6.54 Å². The standard InChI is InChI=1S/C31H28N4O6/c1-21-4-2-5-22(18-21)19-41-26-12-8-24(9-13-26)29(36)27-28(23-6-10-25(11-7-23)35(39)40)34(31(38)30(27)37)16-3-15-33-17-14-32-20-33/h2,4-14,17-18,20,28,36H,3,15-16,19H2,1H3/b29-27+/t28-/m0/s1. The molecule has 0 aliphatic carbocycles. The number of nitro benzene ring substituents is 1. The van der Waals surface area contributed by atoms with Gasteiger partial charge in [0.1, 0.15) is 18.1 Å². The van der Waals surface area contributed by atoms with Gasteiger partial charge in [-0.1, -0.05) is 29.8 Å². The zero-order chi connectivity index (χ0) is 28.9. The molecule has 4 aromatic rings. The van der Waals surface area contributed by atoms with Crippen LogP contribution in [0.25, 0.3) is 5.76 Å². The fourth-order valence-electron chi connectivity index (χ4n) is 4.91. The van der Waals surface area contributed by atoms with Crippen molar-refractivity contribution in [2.45, 2.75) is 32.5 Å². The molecule has 1 saturated heterocycles. The lowest BCUT2D eigenvalue weighted by Gasteiger charge is -2.25. The van der Waals surface area contributed by atoms with Gasteiger partial charge >= 0.3 is 0 Å². The normalized spacial score (nSPS) is 16.2. The number of nitrogens with zero attached hydrogens (tertiary/aromatic N) is 4. The molecule has 2 heterocycles. The molecule has 1 atom stereocenters. The van der Waals surface area contributed by atoms with E-state index in [0.29, 0.717) is 36.4 Å². The van der Waals surface area contributed by atoms with E-state index in [9.17, 15) is 24.8 Å². The van der Waals surface area contributed by atoms with Crippen molar-refractivity contribution in [3.8, 4) is 5.75 Å². The molecule has 3 aromatic carbocycles. The number of benzene rings is 3. The predicted molar refractivity (Wildman–Crippen MR) is 151 cm³/mol. The minimum atomic E-state index is -0.907. The smallest absolute Gasteiger partial charge is 0.295 e. The first kappa shape index (κ1) is 27.3. The van der Waals surface area contributed by atoms with Gasteiger partial charge in [-0.25, -0.2) is 4.98 Å². The molecule has 208 valence electrons. The zero-order valence-corrected chi connectivity index (χ0v) is 22.3. The summed E-state index contributed by atoms with van der Waals surface area (Å²) in [5.41, 5.74) is 2.79. The van der Waals surface area contributed by atoms with Crippen LogP contribution in [-0.2, 0) is 22.7 Å². The summed E-state index contributed by atoms with van der Waals surface area (Å²) in [5.74, 6) is -1.30. The van der Waals surface area contributed by atoms with Crippen LogP contribution in [0.5, 0.6) is 5.75 Å². The lowest BCUT2D eigenvalue weighted by atomic mass is 9.95. The molecule has 5 rings (SSSR count). The monoisotopic (exact) mass is 552 g/mol. The molecular weight excluding hydrogens is 524 g/mol. The fraction of sp³-hybridized carbons (Fsp3) is 0.194. The number of aromatic nitrogens is 2.